The summed E-state index contributed by atoms with van der Waals surface area (Å²) < 4.78 is 5.21. The smallest absolute Gasteiger partial charge is 0.256 e. The van der Waals surface area contributed by atoms with E-state index in [0.717, 1.165) is 16.3 Å². The number of amides is 1. The number of pyridine rings is 1. The lowest BCUT2D eigenvalue weighted by atomic mass is 9.99. The fourth-order valence-electron chi connectivity index (χ4n) is 2.65. The number of rotatable bonds is 5. The first-order valence-electron chi connectivity index (χ1n) is 7.45. The summed E-state index contributed by atoms with van der Waals surface area (Å²) in [6.45, 7) is 0.473. The number of carbonyl (C=O) groups excluding carboxylic acids is 2. The molecule has 0 atom stereocenters. The fraction of sp³-hybridized carbons (Fsp3) is 0.105. The number of nitrogens with one attached hydrogen (secondary N) is 1. The van der Waals surface area contributed by atoms with Crippen LogP contribution in [0.3, 0.4) is 0 Å². The van der Waals surface area contributed by atoms with Gasteiger partial charge in [0, 0.05) is 18.9 Å². The summed E-state index contributed by atoms with van der Waals surface area (Å²) in [5.41, 5.74) is 2.14. The Morgan fingerprint density at radius 2 is 1.92 bits per heavy atom. The van der Waals surface area contributed by atoms with Crippen LogP contribution < -0.4 is 5.32 Å². The second-order valence-electron chi connectivity index (χ2n) is 5.26. The second-order valence-corrected chi connectivity index (χ2v) is 5.26. The highest BCUT2D eigenvalue weighted by Gasteiger charge is 2.14. The van der Waals surface area contributed by atoms with Crippen molar-refractivity contribution in [3.05, 3.63) is 71.5 Å². The highest BCUT2D eigenvalue weighted by Crippen LogP contribution is 2.24. The topological polar surface area (TPSA) is 68.3 Å². The SMILES string of the molecule is COCc1ccc(C(=O)Nc2cccnc2C=O)c2ccccc12. The van der Waals surface area contributed by atoms with Crippen LogP contribution >= 0.6 is 0 Å². The summed E-state index contributed by atoms with van der Waals surface area (Å²) in [6, 6.07) is 14.6. The van der Waals surface area contributed by atoms with Crippen molar-refractivity contribution in [2.24, 2.45) is 0 Å². The standard InChI is InChI=1S/C19H16N2O3/c1-24-12-13-8-9-16(15-6-3-2-5-14(13)15)19(23)21-17-7-4-10-20-18(17)11-22/h2-11H,12H2,1H3,(H,21,23). The Balaban J connectivity index is 2.01. The number of carbonyl (C=O) groups is 2. The monoisotopic (exact) mass is 320 g/mol. The van der Waals surface area contributed by atoms with E-state index in [-0.39, 0.29) is 11.6 Å². The number of aldehydes is 1. The lowest BCUT2D eigenvalue weighted by Crippen LogP contribution is -2.14. The molecule has 0 aliphatic heterocycles. The van der Waals surface area contributed by atoms with Gasteiger partial charge in [-0.3, -0.25) is 14.6 Å². The van der Waals surface area contributed by atoms with E-state index in [0.29, 0.717) is 24.1 Å². The molecule has 3 rings (SSSR count). The van der Waals surface area contributed by atoms with Gasteiger partial charge in [-0.2, -0.15) is 0 Å². The van der Waals surface area contributed by atoms with Crippen molar-refractivity contribution in [2.75, 3.05) is 12.4 Å². The Bertz CT molecular complexity index is 906. The highest BCUT2D eigenvalue weighted by atomic mass is 16.5. The molecule has 0 radical (unpaired) electrons. The molecular weight excluding hydrogens is 304 g/mol. The van der Waals surface area contributed by atoms with Crippen LogP contribution in [0.25, 0.3) is 10.8 Å². The van der Waals surface area contributed by atoms with Crippen LogP contribution in [0.1, 0.15) is 26.4 Å². The van der Waals surface area contributed by atoms with E-state index in [4.69, 9.17) is 4.74 Å². The molecule has 1 N–H and O–H groups in total. The van der Waals surface area contributed by atoms with Gasteiger partial charge in [-0.1, -0.05) is 30.3 Å². The third-order valence-electron chi connectivity index (χ3n) is 3.76. The highest BCUT2D eigenvalue weighted by molar-refractivity contribution is 6.14. The summed E-state index contributed by atoms with van der Waals surface area (Å²) in [5, 5.41) is 4.56. The van der Waals surface area contributed by atoms with Crippen molar-refractivity contribution >= 4 is 28.7 Å². The molecule has 0 aliphatic rings. The van der Waals surface area contributed by atoms with Crippen LogP contribution in [0.4, 0.5) is 5.69 Å². The zero-order chi connectivity index (χ0) is 16.9. The summed E-state index contributed by atoms with van der Waals surface area (Å²) in [7, 11) is 1.64. The third-order valence-corrected chi connectivity index (χ3v) is 3.76. The molecule has 0 spiro atoms. The lowest BCUT2D eigenvalue weighted by molar-refractivity contribution is 0.102. The molecule has 0 saturated carbocycles. The zero-order valence-electron chi connectivity index (χ0n) is 13.2. The van der Waals surface area contributed by atoms with E-state index in [1.165, 1.54) is 6.20 Å². The van der Waals surface area contributed by atoms with Crippen molar-refractivity contribution in [2.45, 2.75) is 6.61 Å². The van der Waals surface area contributed by atoms with Crippen LogP contribution in [-0.4, -0.2) is 24.3 Å². The number of aromatic nitrogens is 1. The maximum atomic E-state index is 12.7. The van der Waals surface area contributed by atoms with E-state index in [9.17, 15) is 9.59 Å². The molecule has 120 valence electrons. The van der Waals surface area contributed by atoms with Crippen LogP contribution in [-0.2, 0) is 11.3 Å². The molecule has 0 unspecified atom stereocenters. The molecular formula is C19H16N2O3. The predicted molar refractivity (Wildman–Crippen MR) is 92.2 cm³/mol. The van der Waals surface area contributed by atoms with E-state index >= 15 is 0 Å². The van der Waals surface area contributed by atoms with Gasteiger partial charge < -0.3 is 10.1 Å². The number of ether oxygens (including phenoxy) is 1. The average molecular weight is 320 g/mol. The van der Waals surface area contributed by atoms with Crippen molar-refractivity contribution in [3.8, 4) is 0 Å². The average Bonchev–Trinajstić information content (AvgIpc) is 2.62. The zero-order valence-corrected chi connectivity index (χ0v) is 13.2. The Hall–Kier alpha value is -3.05. The normalized spacial score (nSPS) is 10.5. The van der Waals surface area contributed by atoms with Crippen molar-refractivity contribution < 1.29 is 14.3 Å². The number of methoxy groups -OCH3 is 1. The van der Waals surface area contributed by atoms with Gasteiger partial charge in [-0.25, -0.2) is 0 Å². The van der Waals surface area contributed by atoms with Gasteiger partial charge in [-0.15, -0.1) is 0 Å². The summed E-state index contributed by atoms with van der Waals surface area (Å²) >= 11 is 0. The molecule has 1 heterocycles. The first-order valence-corrected chi connectivity index (χ1v) is 7.45. The van der Waals surface area contributed by atoms with Gasteiger partial charge in [-0.05, 0) is 34.5 Å². The van der Waals surface area contributed by atoms with Crippen molar-refractivity contribution in [1.29, 1.82) is 0 Å². The van der Waals surface area contributed by atoms with Gasteiger partial charge >= 0.3 is 0 Å². The minimum Gasteiger partial charge on any atom is -0.380 e. The maximum absolute atomic E-state index is 12.7. The molecule has 0 bridgehead atoms. The van der Waals surface area contributed by atoms with Crippen LogP contribution in [0.15, 0.2) is 54.7 Å². The largest absolute Gasteiger partial charge is 0.380 e. The second kappa shape index (κ2) is 7.02. The first-order chi connectivity index (χ1) is 11.7. The van der Waals surface area contributed by atoms with Gasteiger partial charge in [0.2, 0.25) is 0 Å². The number of hydrogen-bond donors (Lipinski definition) is 1. The van der Waals surface area contributed by atoms with Crippen molar-refractivity contribution in [3.63, 3.8) is 0 Å². The lowest BCUT2D eigenvalue weighted by Gasteiger charge is -2.12. The molecule has 2 aromatic carbocycles. The van der Waals surface area contributed by atoms with Gasteiger partial charge in [0.15, 0.2) is 6.29 Å². The minimum atomic E-state index is -0.286. The van der Waals surface area contributed by atoms with Gasteiger partial charge in [0.1, 0.15) is 5.69 Å². The van der Waals surface area contributed by atoms with E-state index in [1.54, 1.807) is 25.3 Å². The Morgan fingerprint density at radius 1 is 1.12 bits per heavy atom. The summed E-state index contributed by atoms with van der Waals surface area (Å²) in [6.07, 6.45) is 2.13. The van der Waals surface area contributed by atoms with Gasteiger partial charge in [0.25, 0.3) is 5.91 Å². The number of anilines is 1. The van der Waals surface area contributed by atoms with E-state index < -0.39 is 0 Å². The molecule has 0 aliphatic carbocycles. The number of benzene rings is 2. The molecule has 1 aromatic heterocycles. The van der Waals surface area contributed by atoms with Crippen molar-refractivity contribution in [1.82, 2.24) is 4.98 Å². The Labute approximate surface area is 139 Å². The number of nitrogens with zero attached hydrogens (tertiary/aromatic N) is 1. The number of fused-ring (bicyclic) bond motifs is 1. The van der Waals surface area contributed by atoms with Gasteiger partial charge in [0.05, 0.1) is 12.3 Å². The molecule has 24 heavy (non-hydrogen) atoms. The minimum absolute atomic E-state index is 0.200. The predicted octanol–water partition coefficient (Wildman–Crippen LogP) is 3.45. The third kappa shape index (κ3) is 3.02. The van der Waals surface area contributed by atoms with Crippen LogP contribution in [0.2, 0.25) is 0 Å². The molecule has 0 fully saturated rings. The molecule has 5 nitrogen and oxygen atoms in total. The van der Waals surface area contributed by atoms with Crippen LogP contribution in [0.5, 0.6) is 0 Å². The summed E-state index contributed by atoms with van der Waals surface area (Å²) in [4.78, 5) is 27.7. The Kier molecular flexibility index (Phi) is 4.63. The molecule has 3 aromatic rings. The number of hydrogen-bond acceptors (Lipinski definition) is 4. The first kappa shape index (κ1) is 15.8. The Morgan fingerprint density at radius 3 is 2.67 bits per heavy atom. The molecule has 1 amide bonds. The van der Waals surface area contributed by atoms with Crippen LogP contribution in [0, 0.1) is 0 Å². The summed E-state index contributed by atoms with van der Waals surface area (Å²) in [5.74, 6) is -0.286. The maximum Gasteiger partial charge on any atom is 0.256 e. The quantitative estimate of drug-likeness (QED) is 0.731. The molecule has 5 heteroatoms. The fourth-order valence-corrected chi connectivity index (χ4v) is 2.65. The van der Waals surface area contributed by atoms with E-state index in [1.807, 2.05) is 30.3 Å². The molecule has 0 saturated heterocycles. The van der Waals surface area contributed by atoms with E-state index in [2.05, 4.69) is 10.3 Å².